The summed E-state index contributed by atoms with van der Waals surface area (Å²) < 4.78 is 1.42. The minimum atomic E-state index is -0.0350. The number of hydrogen-bond acceptors (Lipinski definition) is 3. The quantitative estimate of drug-likeness (QED) is 0.792. The van der Waals surface area contributed by atoms with E-state index in [1.54, 1.807) is 0 Å². The van der Waals surface area contributed by atoms with Crippen molar-refractivity contribution in [2.45, 2.75) is 33.6 Å². The molecule has 2 aromatic heterocycles. The van der Waals surface area contributed by atoms with Gasteiger partial charge in [0, 0.05) is 12.0 Å². The van der Waals surface area contributed by atoms with Crippen molar-refractivity contribution in [2.24, 2.45) is 0 Å². The molecule has 0 amide bonds. The Morgan fingerprint density at radius 3 is 2.60 bits per heavy atom. The normalized spacial score (nSPS) is 11.1. The fourth-order valence-electron chi connectivity index (χ4n) is 1.66. The Morgan fingerprint density at radius 1 is 1.27 bits per heavy atom. The summed E-state index contributed by atoms with van der Waals surface area (Å²) in [5, 5.41) is 2.95. The van der Waals surface area contributed by atoms with Crippen molar-refractivity contribution >= 4 is 5.78 Å². The maximum atomic E-state index is 12.0. The average Bonchev–Trinajstić information content (AvgIpc) is 2.61. The van der Waals surface area contributed by atoms with Gasteiger partial charge in [-0.15, -0.1) is 0 Å². The van der Waals surface area contributed by atoms with E-state index < -0.39 is 0 Å². The lowest BCUT2D eigenvalue weighted by atomic mass is 10.2. The van der Waals surface area contributed by atoms with Crippen molar-refractivity contribution < 1.29 is 0 Å². The van der Waals surface area contributed by atoms with Crippen LogP contribution in [0, 0.1) is 6.92 Å². The van der Waals surface area contributed by atoms with Crippen LogP contribution in [0.2, 0.25) is 0 Å². The van der Waals surface area contributed by atoms with Crippen LogP contribution in [0.3, 0.4) is 0 Å². The highest BCUT2D eigenvalue weighted by Gasteiger charge is 2.10. The van der Waals surface area contributed by atoms with Crippen molar-refractivity contribution in [1.29, 1.82) is 0 Å². The molecule has 0 aliphatic carbocycles. The predicted octanol–water partition coefficient (Wildman–Crippen LogP) is 0.851. The third-order valence-electron chi connectivity index (χ3n) is 2.53. The molecule has 15 heavy (non-hydrogen) atoms. The Morgan fingerprint density at radius 2 is 2.00 bits per heavy atom. The molecule has 0 saturated heterocycles. The number of H-pyrrole nitrogens is 1. The molecule has 0 spiro atoms. The summed E-state index contributed by atoms with van der Waals surface area (Å²) in [6.45, 7) is 5.78. The Hall–Kier alpha value is -1.65. The monoisotopic (exact) mass is 206 g/mol. The molecule has 80 valence electrons. The molecule has 0 aliphatic heterocycles. The van der Waals surface area contributed by atoms with E-state index in [1.165, 1.54) is 4.52 Å². The van der Waals surface area contributed by atoms with Gasteiger partial charge >= 0.3 is 0 Å². The van der Waals surface area contributed by atoms with Crippen molar-refractivity contribution in [1.82, 2.24) is 19.6 Å². The summed E-state index contributed by atoms with van der Waals surface area (Å²) in [4.78, 5) is 20.5. The van der Waals surface area contributed by atoms with Crippen LogP contribution in [0.4, 0.5) is 0 Å². The van der Waals surface area contributed by atoms with Crippen LogP contribution < -0.4 is 5.56 Å². The van der Waals surface area contributed by atoms with E-state index in [0.29, 0.717) is 12.2 Å². The van der Waals surface area contributed by atoms with Crippen molar-refractivity contribution in [3.63, 3.8) is 0 Å². The zero-order chi connectivity index (χ0) is 11.0. The molecule has 1 N–H and O–H groups in total. The maximum absolute atomic E-state index is 12.0. The highest BCUT2D eigenvalue weighted by molar-refractivity contribution is 5.31. The molecule has 2 aromatic rings. The lowest BCUT2D eigenvalue weighted by Crippen LogP contribution is -2.21. The zero-order valence-corrected chi connectivity index (χ0v) is 9.16. The SMILES string of the molecule is CCc1nc2nc(C)c(CC)c(=O)n2[nH]1. The van der Waals surface area contributed by atoms with E-state index in [1.807, 2.05) is 20.8 Å². The van der Waals surface area contributed by atoms with Crippen LogP contribution in [0.1, 0.15) is 30.9 Å². The molecule has 0 saturated carbocycles. The maximum Gasteiger partial charge on any atom is 0.277 e. The summed E-state index contributed by atoms with van der Waals surface area (Å²) in [7, 11) is 0. The fraction of sp³-hybridized carbons (Fsp3) is 0.500. The Kier molecular flexibility index (Phi) is 2.30. The number of nitrogens with zero attached hydrogens (tertiary/aromatic N) is 3. The van der Waals surface area contributed by atoms with E-state index in [-0.39, 0.29) is 5.56 Å². The van der Waals surface area contributed by atoms with Crippen molar-refractivity contribution in [3.8, 4) is 0 Å². The first-order chi connectivity index (χ1) is 7.17. The number of nitrogens with one attached hydrogen (secondary N) is 1. The van der Waals surface area contributed by atoms with E-state index >= 15 is 0 Å². The van der Waals surface area contributed by atoms with Gasteiger partial charge in [-0.25, -0.2) is 4.98 Å². The van der Waals surface area contributed by atoms with Gasteiger partial charge in [-0.1, -0.05) is 13.8 Å². The van der Waals surface area contributed by atoms with Gasteiger partial charge in [0.1, 0.15) is 5.82 Å². The number of fused-ring (bicyclic) bond motifs is 1. The van der Waals surface area contributed by atoms with Crippen molar-refractivity contribution in [2.75, 3.05) is 0 Å². The van der Waals surface area contributed by atoms with Gasteiger partial charge in [-0.05, 0) is 13.3 Å². The molecule has 0 aliphatic rings. The van der Waals surface area contributed by atoms with E-state index in [0.717, 1.165) is 23.5 Å². The molecule has 0 aromatic carbocycles. The van der Waals surface area contributed by atoms with E-state index in [2.05, 4.69) is 15.1 Å². The van der Waals surface area contributed by atoms with Gasteiger partial charge in [-0.3, -0.25) is 9.89 Å². The first kappa shape index (κ1) is 9.89. The first-order valence-electron chi connectivity index (χ1n) is 5.14. The largest absolute Gasteiger partial charge is 0.277 e. The Bertz CT molecular complexity index is 552. The minimum absolute atomic E-state index is 0.0350. The molecule has 0 fully saturated rings. The van der Waals surface area contributed by atoms with Crippen LogP contribution in [-0.4, -0.2) is 19.6 Å². The van der Waals surface area contributed by atoms with Gasteiger partial charge in [0.15, 0.2) is 0 Å². The molecule has 2 heterocycles. The molecule has 5 heteroatoms. The second-order valence-electron chi connectivity index (χ2n) is 3.49. The van der Waals surface area contributed by atoms with Gasteiger partial charge in [-0.2, -0.15) is 9.50 Å². The second-order valence-corrected chi connectivity index (χ2v) is 3.49. The second kappa shape index (κ2) is 3.49. The Labute approximate surface area is 87.2 Å². The number of aromatic nitrogens is 4. The fourth-order valence-corrected chi connectivity index (χ4v) is 1.66. The third kappa shape index (κ3) is 1.44. The van der Waals surface area contributed by atoms with Gasteiger partial charge in [0.2, 0.25) is 0 Å². The lowest BCUT2D eigenvalue weighted by Gasteiger charge is -2.00. The molecule has 5 nitrogen and oxygen atoms in total. The number of aryl methyl sites for hydroxylation is 2. The molecule has 0 atom stereocenters. The molecule has 2 rings (SSSR count). The topological polar surface area (TPSA) is 63.1 Å². The van der Waals surface area contributed by atoms with Gasteiger partial charge in [0.05, 0.1) is 5.69 Å². The summed E-state index contributed by atoms with van der Waals surface area (Å²) in [5.41, 5.74) is 1.49. The van der Waals surface area contributed by atoms with Crippen molar-refractivity contribution in [3.05, 3.63) is 27.4 Å². The summed E-state index contributed by atoms with van der Waals surface area (Å²) in [6.07, 6.45) is 1.46. The molecular weight excluding hydrogens is 192 g/mol. The highest BCUT2D eigenvalue weighted by atomic mass is 16.1. The first-order valence-corrected chi connectivity index (χ1v) is 5.14. The Balaban J connectivity index is 2.82. The number of hydrogen-bond donors (Lipinski definition) is 1. The molecular formula is C10H14N4O. The lowest BCUT2D eigenvalue weighted by molar-refractivity contribution is 0.826. The zero-order valence-electron chi connectivity index (χ0n) is 9.16. The van der Waals surface area contributed by atoms with E-state index in [4.69, 9.17) is 0 Å². The average molecular weight is 206 g/mol. The van der Waals surface area contributed by atoms with Crippen LogP contribution in [0.15, 0.2) is 4.79 Å². The minimum Gasteiger partial charge on any atom is -0.275 e. The molecule has 0 bridgehead atoms. The van der Waals surface area contributed by atoms with Gasteiger partial charge < -0.3 is 0 Å². The van der Waals surface area contributed by atoms with E-state index in [9.17, 15) is 4.79 Å². The highest BCUT2D eigenvalue weighted by Crippen LogP contribution is 2.03. The number of rotatable bonds is 2. The summed E-state index contributed by atoms with van der Waals surface area (Å²) >= 11 is 0. The molecule has 0 radical (unpaired) electrons. The third-order valence-corrected chi connectivity index (χ3v) is 2.53. The smallest absolute Gasteiger partial charge is 0.275 e. The summed E-state index contributed by atoms with van der Waals surface area (Å²) in [5.74, 6) is 1.25. The van der Waals surface area contributed by atoms with Crippen LogP contribution in [0.25, 0.3) is 5.78 Å². The molecule has 0 unspecified atom stereocenters. The van der Waals surface area contributed by atoms with Crippen LogP contribution >= 0.6 is 0 Å². The van der Waals surface area contributed by atoms with Crippen LogP contribution in [0.5, 0.6) is 0 Å². The van der Waals surface area contributed by atoms with Gasteiger partial charge in [0.25, 0.3) is 11.3 Å². The predicted molar refractivity (Wildman–Crippen MR) is 57.1 cm³/mol. The summed E-state index contributed by atoms with van der Waals surface area (Å²) in [6, 6.07) is 0. The number of aromatic amines is 1. The van der Waals surface area contributed by atoms with Crippen LogP contribution in [-0.2, 0) is 12.8 Å². The standard InChI is InChI=1S/C10H14N4O/c1-4-7-6(3)11-10-12-8(5-2)13-14(10)9(7)15/h4-5H2,1-3H3,(H,11,12,13).